The van der Waals surface area contributed by atoms with E-state index in [0.29, 0.717) is 69.5 Å². The molecule has 2 saturated heterocycles. The summed E-state index contributed by atoms with van der Waals surface area (Å²) in [6, 6.07) is 6.59. The Labute approximate surface area is 275 Å². The largest absolute Gasteiger partial charge is 0.451 e. The number of anilines is 2. The van der Waals surface area contributed by atoms with Crippen LogP contribution in [-0.2, 0) is 28.4 Å². The van der Waals surface area contributed by atoms with Crippen LogP contribution in [-0.4, -0.2) is 74.1 Å². The van der Waals surface area contributed by atoms with Crippen molar-refractivity contribution in [1.29, 1.82) is 0 Å². The minimum Gasteiger partial charge on any atom is -0.370 e. The summed E-state index contributed by atoms with van der Waals surface area (Å²) >= 11 is 0. The smallest absolute Gasteiger partial charge is 0.370 e. The first-order chi connectivity index (χ1) is 22.8. The highest BCUT2D eigenvalue weighted by Crippen LogP contribution is 2.33. The molecule has 1 aromatic heterocycles. The molecule has 2 amide bonds. The Hall–Kier alpha value is -4.31. The maximum Gasteiger partial charge on any atom is 0.451 e. The molecule has 0 atom stereocenters. The predicted octanol–water partition coefficient (Wildman–Crippen LogP) is 3.87. The fourth-order valence-corrected chi connectivity index (χ4v) is 5.43. The Bertz CT molecular complexity index is 1320. The molecule has 48 heavy (non-hydrogen) atoms. The second-order valence-electron chi connectivity index (χ2n) is 11.6. The number of rotatable bonds is 13. The van der Waals surface area contributed by atoms with Crippen LogP contribution < -0.4 is 31.9 Å². The van der Waals surface area contributed by atoms with E-state index >= 15 is 0 Å². The Kier molecular flexibility index (Phi) is 14.5. The number of benzene rings is 1. The molecule has 2 aliphatic rings. The van der Waals surface area contributed by atoms with E-state index < -0.39 is 23.7 Å². The zero-order chi connectivity index (χ0) is 35.2. The number of aromatic nitrogens is 2. The van der Waals surface area contributed by atoms with Gasteiger partial charge in [-0.25, -0.2) is 9.97 Å². The van der Waals surface area contributed by atoms with Gasteiger partial charge in [0.05, 0.1) is 12.1 Å². The van der Waals surface area contributed by atoms with Crippen molar-refractivity contribution in [1.82, 2.24) is 20.6 Å². The summed E-state index contributed by atoms with van der Waals surface area (Å²) in [7, 11) is 0. The summed E-state index contributed by atoms with van der Waals surface area (Å²) in [6.45, 7) is 3.90. The van der Waals surface area contributed by atoms with Crippen LogP contribution >= 0.6 is 0 Å². The van der Waals surface area contributed by atoms with Crippen molar-refractivity contribution in [2.24, 2.45) is 22.4 Å². The zero-order valence-electron chi connectivity index (χ0n) is 26.6. The number of alkyl halides is 6. The average Bonchev–Trinajstić information content (AvgIpc) is 3.59. The number of carbonyl (C=O) groups excluding carboxylic acids is 2. The summed E-state index contributed by atoms with van der Waals surface area (Å²) in [5.41, 5.74) is 10.6. The van der Waals surface area contributed by atoms with Crippen molar-refractivity contribution in [2.45, 2.75) is 63.7 Å². The second-order valence-corrected chi connectivity index (χ2v) is 11.6. The van der Waals surface area contributed by atoms with E-state index in [1.807, 2.05) is 9.80 Å². The van der Waals surface area contributed by atoms with Crippen LogP contribution in [0.1, 0.15) is 61.9 Å². The molecule has 2 fully saturated rings. The van der Waals surface area contributed by atoms with Crippen molar-refractivity contribution >= 4 is 29.9 Å². The van der Waals surface area contributed by atoms with Gasteiger partial charge in [0.25, 0.3) is 0 Å². The van der Waals surface area contributed by atoms with Crippen molar-refractivity contribution < 1.29 is 35.9 Å². The van der Waals surface area contributed by atoms with Gasteiger partial charge >= 0.3 is 12.4 Å². The first kappa shape index (κ1) is 38.1. The summed E-state index contributed by atoms with van der Waals surface area (Å²) in [4.78, 5) is 37.1. The standard InChI is InChI=1S/C21H33F3N8O.C10H10F3NO/c22-21(23,24)19-29-16(31-10-1-2-11-31)14-17(30-19)32-12-6-15(7-13-32)4-3-5-18(33)27-8-9-28-20(25)26;11-10(12,13)9-3-1-8(2-4-9)5-6-14-7-15/h14-15H,1-13H2,(H,27,33)(H4,25,26,28);1-4,7H,5-6H2,(H,14,15). The third-order valence-electron chi connectivity index (χ3n) is 7.99. The second kappa shape index (κ2) is 18.3. The van der Waals surface area contributed by atoms with Gasteiger partial charge in [0.1, 0.15) is 11.6 Å². The van der Waals surface area contributed by atoms with Crippen LogP contribution in [0, 0.1) is 5.92 Å². The molecule has 0 bridgehead atoms. The van der Waals surface area contributed by atoms with Crippen LogP contribution in [0.2, 0.25) is 0 Å². The summed E-state index contributed by atoms with van der Waals surface area (Å²) in [5.74, 6) is 0.0379. The minimum absolute atomic E-state index is 0.000504. The first-order valence-electron chi connectivity index (χ1n) is 15.9. The topological polar surface area (TPSA) is 155 Å². The number of halogens is 6. The molecule has 0 unspecified atom stereocenters. The molecule has 17 heteroatoms. The van der Waals surface area contributed by atoms with E-state index in [1.165, 1.54) is 12.1 Å². The van der Waals surface area contributed by atoms with Gasteiger partial charge in [0, 0.05) is 51.8 Å². The molecule has 3 heterocycles. The van der Waals surface area contributed by atoms with Gasteiger partial charge in [0.2, 0.25) is 18.1 Å². The highest BCUT2D eigenvalue weighted by atomic mass is 19.4. The molecule has 0 aliphatic carbocycles. The third kappa shape index (κ3) is 13.1. The lowest BCUT2D eigenvalue weighted by atomic mass is 9.91. The van der Waals surface area contributed by atoms with Crippen molar-refractivity contribution in [3.05, 3.63) is 47.3 Å². The van der Waals surface area contributed by atoms with Crippen LogP contribution in [0.15, 0.2) is 35.3 Å². The average molecular weight is 688 g/mol. The number of carbonyl (C=O) groups is 2. The highest BCUT2D eigenvalue weighted by Gasteiger charge is 2.37. The number of nitrogens with zero attached hydrogens (tertiary/aromatic N) is 5. The zero-order valence-corrected chi connectivity index (χ0v) is 26.6. The van der Waals surface area contributed by atoms with Gasteiger partial charge in [-0.1, -0.05) is 12.1 Å². The number of hydrogen-bond donors (Lipinski definition) is 4. The van der Waals surface area contributed by atoms with E-state index in [-0.39, 0.29) is 11.9 Å². The molecule has 6 N–H and O–H groups in total. The molecule has 2 aliphatic heterocycles. The van der Waals surface area contributed by atoms with Gasteiger partial charge in [-0.05, 0) is 68.6 Å². The summed E-state index contributed by atoms with van der Waals surface area (Å²) < 4.78 is 76.7. The molecular formula is C31H43F6N9O2. The van der Waals surface area contributed by atoms with E-state index in [0.717, 1.165) is 69.3 Å². The molecule has 0 spiro atoms. The molecule has 266 valence electrons. The Morgan fingerprint density at radius 2 is 1.52 bits per heavy atom. The lowest BCUT2D eigenvalue weighted by Crippen LogP contribution is -2.35. The van der Waals surface area contributed by atoms with Crippen LogP contribution in [0.3, 0.4) is 0 Å². The predicted molar refractivity (Wildman–Crippen MR) is 170 cm³/mol. The molecule has 0 radical (unpaired) electrons. The maximum atomic E-state index is 13.4. The number of amides is 2. The quantitative estimate of drug-likeness (QED) is 0.0814. The van der Waals surface area contributed by atoms with E-state index in [2.05, 4.69) is 25.6 Å². The van der Waals surface area contributed by atoms with Crippen molar-refractivity contribution in [3.63, 3.8) is 0 Å². The molecular weight excluding hydrogens is 644 g/mol. The Morgan fingerprint density at radius 3 is 2.06 bits per heavy atom. The van der Waals surface area contributed by atoms with E-state index in [9.17, 15) is 35.9 Å². The van der Waals surface area contributed by atoms with Gasteiger partial charge in [-0.15, -0.1) is 0 Å². The Morgan fingerprint density at radius 1 is 0.917 bits per heavy atom. The number of hydrogen-bond acceptors (Lipinski definition) is 7. The Balaban J connectivity index is 0.000000348. The molecule has 4 rings (SSSR count). The molecule has 1 aromatic carbocycles. The van der Waals surface area contributed by atoms with Crippen LogP contribution in [0.25, 0.3) is 0 Å². The van der Waals surface area contributed by atoms with Crippen molar-refractivity contribution in [2.75, 3.05) is 55.6 Å². The summed E-state index contributed by atoms with van der Waals surface area (Å²) in [6.07, 6.45) is -2.04. The highest BCUT2D eigenvalue weighted by molar-refractivity contribution is 5.76. The summed E-state index contributed by atoms with van der Waals surface area (Å²) in [5, 5.41) is 5.21. The normalized spacial score (nSPS) is 15.4. The molecule has 2 aromatic rings. The first-order valence-corrected chi connectivity index (χ1v) is 15.9. The molecule has 0 saturated carbocycles. The number of guanidine groups is 1. The minimum atomic E-state index is -4.58. The number of nitrogens with one attached hydrogen (secondary N) is 2. The van der Waals surface area contributed by atoms with Gasteiger partial charge in [0.15, 0.2) is 5.96 Å². The third-order valence-corrected chi connectivity index (χ3v) is 7.99. The van der Waals surface area contributed by atoms with E-state index in [1.54, 1.807) is 6.07 Å². The van der Waals surface area contributed by atoms with Gasteiger partial charge in [-0.2, -0.15) is 26.3 Å². The van der Waals surface area contributed by atoms with Gasteiger partial charge in [-0.3, -0.25) is 14.6 Å². The number of piperidine rings is 1. The lowest BCUT2D eigenvalue weighted by molar-refractivity contribution is -0.144. The fraction of sp³-hybridized carbons (Fsp3) is 0.581. The van der Waals surface area contributed by atoms with Crippen molar-refractivity contribution in [3.8, 4) is 0 Å². The maximum absolute atomic E-state index is 13.4. The van der Waals surface area contributed by atoms with Crippen LogP contribution in [0.4, 0.5) is 38.0 Å². The number of nitrogens with two attached hydrogens (primary N) is 2. The van der Waals surface area contributed by atoms with E-state index in [4.69, 9.17) is 11.5 Å². The molecule has 11 nitrogen and oxygen atoms in total. The monoisotopic (exact) mass is 687 g/mol. The fourth-order valence-electron chi connectivity index (χ4n) is 5.43. The number of aliphatic imine (C=N–C) groups is 1. The lowest BCUT2D eigenvalue weighted by Gasteiger charge is -2.33. The van der Waals surface area contributed by atoms with Gasteiger partial charge < -0.3 is 31.9 Å². The van der Waals surface area contributed by atoms with Crippen LogP contribution in [0.5, 0.6) is 0 Å². The SMILES string of the molecule is NC(N)=NCCNC(=O)CCCC1CCN(c2cc(N3CCCC3)nc(C(F)(F)F)n2)CC1.O=CNCCc1ccc(C(F)(F)F)cc1.